The zero-order chi connectivity index (χ0) is 11.2. The first-order valence-electron chi connectivity index (χ1n) is 6.39. The van der Waals surface area contributed by atoms with Crippen molar-refractivity contribution in [3.63, 3.8) is 0 Å². The predicted molar refractivity (Wildman–Crippen MR) is 65.3 cm³/mol. The number of nitrogens with one attached hydrogen (secondary N) is 1. The molecule has 16 heavy (non-hydrogen) atoms. The van der Waals surface area contributed by atoms with Gasteiger partial charge in [0.2, 0.25) is 0 Å². The van der Waals surface area contributed by atoms with Crippen molar-refractivity contribution < 1.29 is 0 Å². The average Bonchev–Trinajstić information content (AvgIpc) is 2.33. The molecule has 0 amide bonds. The van der Waals surface area contributed by atoms with Crippen LogP contribution in [-0.2, 0) is 12.8 Å². The fraction of sp³-hybridized carbons (Fsp3) is 0.692. The third-order valence-corrected chi connectivity index (χ3v) is 3.23. The molecule has 1 N–H and O–H groups in total. The molecule has 0 atom stereocenters. The summed E-state index contributed by atoms with van der Waals surface area (Å²) in [5.74, 6) is 1.80. The zero-order valence-electron chi connectivity index (χ0n) is 10.1. The van der Waals surface area contributed by atoms with E-state index in [0.717, 1.165) is 44.1 Å². The van der Waals surface area contributed by atoms with E-state index in [4.69, 9.17) is 0 Å². The molecule has 2 rings (SSSR count). The third-order valence-electron chi connectivity index (χ3n) is 3.23. The number of nitrogens with zero attached hydrogens (tertiary/aromatic N) is 2. The number of rotatable bonds is 4. The highest BCUT2D eigenvalue weighted by atomic mass is 14.9. The molecule has 88 valence electrons. The van der Waals surface area contributed by atoms with Gasteiger partial charge in [0.15, 0.2) is 0 Å². The second-order valence-corrected chi connectivity index (χ2v) is 4.66. The highest BCUT2D eigenvalue weighted by Crippen LogP contribution is 2.15. The maximum absolute atomic E-state index is 4.46. The first-order valence-corrected chi connectivity index (χ1v) is 6.39. The van der Waals surface area contributed by atoms with Crippen molar-refractivity contribution in [2.45, 2.75) is 39.0 Å². The molecule has 1 aliphatic rings. The first-order chi connectivity index (χ1) is 7.88. The van der Waals surface area contributed by atoms with Crippen molar-refractivity contribution in [1.29, 1.82) is 0 Å². The van der Waals surface area contributed by atoms with Crippen LogP contribution < -0.4 is 5.32 Å². The van der Waals surface area contributed by atoms with E-state index in [0.29, 0.717) is 0 Å². The van der Waals surface area contributed by atoms with Gasteiger partial charge in [0.05, 0.1) is 0 Å². The van der Waals surface area contributed by atoms with Crippen LogP contribution in [0.15, 0.2) is 12.4 Å². The highest BCUT2D eigenvalue weighted by Gasteiger charge is 2.14. The van der Waals surface area contributed by atoms with E-state index in [2.05, 4.69) is 22.2 Å². The summed E-state index contributed by atoms with van der Waals surface area (Å²) < 4.78 is 0. The fourth-order valence-corrected chi connectivity index (χ4v) is 2.25. The lowest BCUT2D eigenvalue weighted by Gasteiger charge is -2.21. The van der Waals surface area contributed by atoms with Gasteiger partial charge in [0, 0.05) is 18.8 Å². The van der Waals surface area contributed by atoms with E-state index in [1.54, 1.807) is 0 Å². The van der Waals surface area contributed by atoms with Gasteiger partial charge in [-0.1, -0.05) is 13.3 Å². The third kappa shape index (κ3) is 3.27. The molecule has 0 aliphatic carbocycles. The molecule has 0 spiro atoms. The Morgan fingerprint density at radius 1 is 1.25 bits per heavy atom. The normalized spacial score (nSPS) is 17.6. The fourth-order valence-electron chi connectivity index (χ4n) is 2.25. The van der Waals surface area contributed by atoms with Crippen molar-refractivity contribution in [3.8, 4) is 0 Å². The van der Waals surface area contributed by atoms with Gasteiger partial charge < -0.3 is 5.32 Å². The first kappa shape index (κ1) is 11.5. The van der Waals surface area contributed by atoms with Crippen LogP contribution in [0.4, 0.5) is 0 Å². The monoisotopic (exact) mass is 219 g/mol. The standard InChI is InChI=1S/C13H21N3/c1-2-3-12-9-15-13(16-10-12)8-11-4-6-14-7-5-11/h9-11,14H,2-8H2,1H3. The Hall–Kier alpha value is -0.960. The van der Waals surface area contributed by atoms with Gasteiger partial charge in [-0.3, -0.25) is 0 Å². The van der Waals surface area contributed by atoms with E-state index in [1.165, 1.54) is 18.4 Å². The second-order valence-electron chi connectivity index (χ2n) is 4.66. The van der Waals surface area contributed by atoms with Gasteiger partial charge in [0.1, 0.15) is 5.82 Å². The quantitative estimate of drug-likeness (QED) is 0.841. The van der Waals surface area contributed by atoms with E-state index in [1.807, 2.05) is 12.4 Å². The minimum atomic E-state index is 0.776. The Balaban J connectivity index is 1.88. The summed E-state index contributed by atoms with van der Waals surface area (Å²) in [6, 6.07) is 0. The Morgan fingerprint density at radius 2 is 1.94 bits per heavy atom. The summed E-state index contributed by atoms with van der Waals surface area (Å²) in [4.78, 5) is 8.92. The number of piperidine rings is 1. The summed E-state index contributed by atoms with van der Waals surface area (Å²) in [7, 11) is 0. The van der Waals surface area contributed by atoms with E-state index in [-0.39, 0.29) is 0 Å². The molecule has 3 nitrogen and oxygen atoms in total. The van der Waals surface area contributed by atoms with E-state index in [9.17, 15) is 0 Å². The van der Waals surface area contributed by atoms with E-state index >= 15 is 0 Å². The molecule has 0 aromatic carbocycles. The minimum Gasteiger partial charge on any atom is -0.317 e. The lowest BCUT2D eigenvalue weighted by molar-refractivity contribution is 0.367. The molecule has 0 unspecified atom stereocenters. The van der Waals surface area contributed by atoms with Crippen molar-refractivity contribution in [2.75, 3.05) is 13.1 Å². The van der Waals surface area contributed by atoms with Crippen LogP contribution in [0, 0.1) is 5.92 Å². The summed E-state index contributed by atoms with van der Waals surface area (Å²) in [6.45, 7) is 4.49. The Morgan fingerprint density at radius 3 is 2.56 bits per heavy atom. The van der Waals surface area contributed by atoms with Crippen molar-refractivity contribution in [1.82, 2.24) is 15.3 Å². The Bertz CT molecular complexity index is 301. The number of hydrogen-bond donors (Lipinski definition) is 1. The van der Waals surface area contributed by atoms with Crippen LogP contribution >= 0.6 is 0 Å². The van der Waals surface area contributed by atoms with Gasteiger partial charge in [-0.25, -0.2) is 9.97 Å². The summed E-state index contributed by atoms with van der Waals surface area (Å²) in [6.07, 6.45) is 9.82. The van der Waals surface area contributed by atoms with Crippen LogP contribution in [-0.4, -0.2) is 23.1 Å². The maximum Gasteiger partial charge on any atom is 0.128 e. The maximum atomic E-state index is 4.46. The number of hydrogen-bond acceptors (Lipinski definition) is 3. The van der Waals surface area contributed by atoms with Crippen molar-refractivity contribution in [2.24, 2.45) is 5.92 Å². The summed E-state index contributed by atoms with van der Waals surface area (Å²) >= 11 is 0. The topological polar surface area (TPSA) is 37.8 Å². The summed E-state index contributed by atoms with van der Waals surface area (Å²) in [5.41, 5.74) is 1.26. The van der Waals surface area contributed by atoms with Gasteiger partial charge >= 0.3 is 0 Å². The van der Waals surface area contributed by atoms with Crippen LogP contribution in [0.25, 0.3) is 0 Å². The van der Waals surface area contributed by atoms with E-state index < -0.39 is 0 Å². The molecule has 0 radical (unpaired) electrons. The highest BCUT2D eigenvalue weighted by molar-refractivity contribution is 5.05. The molecule has 1 aliphatic heterocycles. The average molecular weight is 219 g/mol. The van der Waals surface area contributed by atoms with Crippen LogP contribution in [0.1, 0.15) is 37.6 Å². The molecule has 0 saturated carbocycles. The Labute approximate surface area is 97.7 Å². The molecule has 1 aromatic rings. The smallest absolute Gasteiger partial charge is 0.128 e. The van der Waals surface area contributed by atoms with Crippen molar-refractivity contribution >= 4 is 0 Å². The van der Waals surface area contributed by atoms with Crippen LogP contribution in [0.2, 0.25) is 0 Å². The lowest BCUT2D eigenvalue weighted by atomic mass is 9.94. The van der Waals surface area contributed by atoms with Crippen LogP contribution in [0.5, 0.6) is 0 Å². The molecular formula is C13H21N3. The van der Waals surface area contributed by atoms with Crippen molar-refractivity contribution in [3.05, 3.63) is 23.8 Å². The number of aryl methyl sites for hydroxylation is 1. The predicted octanol–water partition coefficient (Wildman–Crippen LogP) is 1.97. The SMILES string of the molecule is CCCc1cnc(CC2CCNCC2)nc1. The molecule has 1 aromatic heterocycles. The zero-order valence-corrected chi connectivity index (χ0v) is 10.1. The molecular weight excluding hydrogens is 198 g/mol. The molecule has 3 heteroatoms. The molecule has 1 saturated heterocycles. The van der Waals surface area contributed by atoms with Gasteiger partial charge in [-0.05, 0) is 43.8 Å². The Kier molecular flexibility index (Phi) is 4.28. The number of aromatic nitrogens is 2. The minimum absolute atomic E-state index is 0.776. The second kappa shape index (κ2) is 5.94. The summed E-state index contributed by atoms with van der Waals surface area (Å²) in [5, 5.41) is 3.39. The lowest BCUT2D eigenvalue weighted by Crippen LogP contribution is -2.29. The van der Waals surface area contributed by atoms with Crippen LogP contribution in [0.3, 0.4) is 0 Å². The molecule has 2 heterocycles. The molecule has 1 fully saturated rings. The van der Waals surface area contributed by atoms with Gasteiger partial charge in [-0.2, -0.15) is 0 Å². The largest absolute Gasteiger partial charge is 0.317 e. The van der Waals surface area contributed by atoms with Gasteiger partial charge in [-0.15, -0.1) is 0 Å². The molecule has 0 bridgehead atoms. The van der Waals surface area contributed by atoms with Gasteiger partial charge in [0.25, 0.3) is 0 Å².